The highest BCUT2D eigenvalue weighted by Gasteiger charge is 2.11. The third-order valence-corrected chi connectivity index (χ3v) is 2.22. The van der Waals surface area contributed by atoms with E-state index in [4.69, 9.17) is 14.9 Å². The molecule has 0 unspecified atom stereocenters. The molecule has 0 aromatic rings. The summed E-state index contributed by atoms with van der Waals surface area (Å²) in [6.07, 6.45) is 3.39. The first-order chi connectivity index (χ1) is 8.52. The van der Waals surface area contributed by atoms with Gasteiger partial charge in [0, 0.05) is 12.2 Å². The van der Waals surface area contributed by atoms with Crippen LogP contribution < -0.4 is 0 Å². The van der Waals surface area contributed by atoms with E-state index in [1.807, 2.05) is 6.92 Å². The third-order valence-electron chi connectivity index (χ3n) is 2.22. The summed E-state index contributed by atoms with van der Waals surface area (Å²) in [6, 6.07) is 0. The maximum absolute atomic E-state index is 11.4. The Kier molecular flexibility index (Phi) is 8.57. The summed E-state index contributed by atoms with van der Waals surface area (Å²) in [6.45, 7) is 5.67. The SMILES string of the molecule is C=C(C=C(CCCO)C(=O)O)C(=O)OCCCC. The fourth-order valence-electron chi connectivity index (χ4n) is 1.18. The van der Waals surface area contributed by atoms with Crippen molar-refractivity contribution in [2.75, 3.05) is 13.2 Å². The average Bonchev–Trinajstić information content (AvgIpc) is 2.33. The summed E-state index contributed by atoms with van der Waals surface area (Å²) in [5, 5.41) is 17.6. The first kappa shape index (κ1) is 16.4. The minimum absolute atomic E-state index is 0.0152. The minimum Gasteiger partial charge on any atom is -0.478 e. The van der Waals surface area contributed by atoms with Crippen molar-refractivity contribution in [3.8, 4) is 0 Å². The van der Waals surface area contributed by atoms with Gasteiger partial charge in [0.05, 0.1) is 12.2 Å². The van der Waals surface area contributed by atoms with Crippen LogP contribution in [0.3, 0.4) is 0 Å². The summed E-state index contributed by atoms with van der Waals surface area (Å²) in [5.74, 6) is -1.72. The zero-order valence-corrected chi connectivity index (χ0v) is 10.6. The molecule has 0 aliphatic carbocycles. The molecule has 0 rings (SSSR count). The Hall–Kier alpha value is -1.62. The average molecular weight is 256 g/mol. The molecule has 18 heavy (non-hydrogen) atoms. The van der Waals surface area contributed by atoms with Gasteiger partial charge in [0.2, 0.25) is 0 Å². The monoisotopic (exact) mass is 256 g/mol. The number of esters is 1. The standard InChI is InChI=1S/C13H20O5/c1-3-4-8-18-13(17)10(2)9-11(12(15)16)6-5-7-14/h9,14H,2-8H2,1H3,(H,15,16). The van der Waals surface area contributed by atoms with Crippen LogP contribution in [0.2, 0.25) is 0 Å². The Labute approximate surface area is 107 Å². The van der Waals surface area contributed by atoms with Gasteiger partial charge >= 0.3 is 11.9 Å². The lowest BCUT2D eigenvalue weighted by atomic mass is 10.1. The van der Waals surface area contributed by atoms with E-state index in [-0.39, 0.29) is 24.2 Å². The lowest BCUT2D eigenvalue weighted by Gasteiger charge is -2.05. The van der Waals surface area contributed by atoms with Crippen molar-refractivity contribution in [2.45, 2.75) is 32.6 Å². The molecule has 0 fully saturated rings. The number of aliphatic carboxylic acids is 1. The molecule has 5 heteroatoms. The van der Waals surface area contributed by atoms with Crippen LogP contribution in [0.1, 0.15) is 32.6 Å². The Bertz CT molecular complexity index is 330. The first-order valence-electron chi connectivity index (χ1n) is 5.93. The number of hydrogen-bond donors (Lipinski definition) is 2. The number of carbonyl (C=O) groups is 2. The molecule has 0 bridgehead atoms. The summed E-state index contributed by atoms with van der Waals surface area (Å²) in [4.78, 5) is 22.3. The van der Waals surface area contributed by atoms with Gasteiger partial charge < -0.3 is 14.9 Å². The number of unbranched alkanes of at least 4 members (excludes halogenated alkanes) is 1. The summed E-state index contributed by atoms with van der Waals surface area (Å²) < 4.78 is 4.90. The number of carboxylic acid groups (broad SMARTS) is 1. The fraction of sp³-hybridized carbons (Fsp3) is 0.538. The number of hydrogen-bond acceptors (Lipinski definition) is 4. The molecule has 0 amide bonds. The van der Waals surface area contributed by atoms with E-state index in [1.54, 1.807) is 0 Å². The largest absolute Gasteiger partial charge is 0.478 e. The molecule has 0 aliphatic heterocycles. The molecule has 0 saturated carbocycles. The van der Waals surface area contributed by atoms with E-state index in [1.165, 1.54) is 6.08 Å². The second kappa shape index (κ2) is 9.41. The van der Waals surface area contributed by atoms with Gasteiger partial charge in [-0.2, -0.15) is 0 Å². The van der Waals surface area contributed by atoms with Gasteiger partial charge in [-0.3, -0.25) is 0 Å². The molecule has 0 aliphatic rings. The third kappa shape index (κ3) is 6.85. The van der Waals surface area contributed by atoms with Crippen LogP contribution in [0.5, 0.6) is 0 Å². The van der Waals surface area contributed by atoms with Crippen LogP contribution in [0.4, 0.5) is 0 Å². The Balaban J connectivity index is 4.44. The van der Waals surface area contributed by atoms with Gasteiger partial charge in [0.1, 0.15) is 0 Å². The van der Waals surface area contributed by atoms with E-state index >= 15 is 0 Å². The molecular weight excluding hydrogens is 236 g/mol. The quantitative estimate of drug-likeness (QED) is 0.284. The second-order valence-corrected chi connectivity index (χ2v) is 3.82. The lowest BCUT2D eigenvalue weighted by molar-refractivity contribution is -0.138. The molecule has 2 N–H and O–H groups in total. The molecule has 0 aromatic carbocycles. The maximum Gasteiger partial charge on any atom is 0.337 e. The van der Waals surface area contributed by atoms with E-state index in [2.05, 4.69) is 6.58 Å². The normalized spacial score (nSPS) is 11.1. The van der Waals surface area contributed by atoms with Crippen molar-refractivity contribution in [1.29, 1.82) is 0 Å². The molecule has 0 saturated heterocycles. The van der Waals surface area contributed by atoms with Gasteiger partial charge in [-0.05, 0) is 25.3 Å². The first-order valence-corrected chi connectivity index (χ1v) is 5.93. The molecule has 0 aromatic heterocycles. The van der Waals surface area contributed by atoms with Gasteiger partial charge in [-0.25, -0.2) is 9.59 Å². The highest BCUT2D eigenvalue weighted by molar-refractivity contribution is 5.95. The van der Waals surface area contributed by atoms with Crippen molar-refractivity contribution in [1.82, 2.24) is 0 Å². The van der Waals surface area contributed by atoms with Crippen molar-refractivity contribution in [3.05, 3.63) is 23.8 Å². The summed E-state index contributed by atoms with van der Waals surface area (Å²) >= 11 is 0. The van der Waals surface area contributed by atoms with Crippen molar-refractivity contribution < 1.29 is 24.5 Å². The van der Waals surface area contributed by atoms with Gasteiger partial charge in [-0.15, -0.1) is 0 Å². The Morgan fingerprint density at radius 2 is 2.00 bits per heavy atom. The minimum atomic E-state index is -1.12. The molecule has 5 nitrogen and oxygen atoms in total. The number of aliphatic hydroxyl groups excluding tert-OH is 1. The summed E-state index contributed by atoms with van der Waals surface area (Å²) in [7, 11) is 0. The fourth-order valence-corrected chi connectivity index (χ4v) is 1.18. The Morgan fingerprint density at radius 1 is 1.33 bits per heavy atom. The van der Waals surface area contributed by atoms with Crippen LogP contribution in [0.15, 0.2) is 23.8 Å². The highest BCUT2D eigenvalue weighted by atomic mass is 16.5. The van der Waals surface area contributed by atoms with Crippen molar-refractivity contribution >= 4 is 11.9 Å². The molecule has 0 atom stereocenters. The predicted molar refractivity (Wildman–Crippen MR) is 67.0 cm³/mol. The molecule has 0 radical (unpaired) electrons. The zero-order chi connectivity index (χ0) is 14.0. The topological polar surface area (TPSA) is 83.8 Å². The van der Waals surface area contributed by atoms with E-state index in [0.29, 0.717) is 13.0 Å². The summed E-state index contributed by atoms with van der Waals surface area (Å²) in [5.41, 5.74) is 0.0583. The van der Waals surface area contributed by atoms with E-state index < -0.39 is 11.9 Å². The molecular formula is C13H20O5. The number of carbonyl (C=O) groups excluding carboxylic acids is 1. The van der Waals surface area contributed by atoms with E-state index in [0.717, 1.165) is 12.8 Å². The lowest BCUT2D eigenvalue weighted by Crippen LogP contribution is -2.09. The smallest absolute Gasteiger partial charge is 0.337 e. The number of carboxylic acids is 1. The zero-order valence-electron chi connectivity index (χ0n) is 10.6. The van der Waals surface area contributed by atoms with Crippen molar-refractivity contribution in [2.24, 2.45) is 0 Å². The van der Waals surface area contributed by atoms with Gasteiger partial charge in [0.15, 0.2) is 0 Å². The maximum atomic E-state index is 11.4. The van der Waals surface area contributed by atoms with E-state index in [9.17, 15) is 9.59 Å². The number of ether oxygens (including phenoxy) is 1. The van der Waals surface area contributed by atoms with Gasteiger partial charge in [0.25, 0.3) is 0 Å². The number of aliphatic hydroxyl groups is 1. The van der Waals surface area contributed by atoms with Crippen LogP contribution in [0.25, 0.3) is 0 Å². The molecule has 0 heterocycles. The van der Waals surface area contributed by atoms with Gasteiger partial charge in [-0.1, -0.05) is 19.9 Å². The second-order valence-electron chi connectivity index (χ2n) is 3.82. The molecule has 102 valence electrons. The van der Waals surface area contributed by atoms with Crippen LogP contribution in [-0.2, 0) is 14.3 Å². The highest BCUT2D eigenvalue weighted by Crippen LogP contribution is 2.10. The molecule has 0 spiro atoms. The van der Waals surface area contributed by atoms with Crippen LogP contribution >= 0.6 is 0 Å². The number of rotatable bonds is 9. The Morgan fingerprint density at radius 3 is 2.50 bits per heavy atom. The van der Waals surface area contributed by atoms with Crippen LogP contribution in [0, 0.1) is 0 Å². The van der Waals surface area contributed by atoms with Crippen molar-refractivity contribution in [3.63, 3.8) is 0 Å². The predicted octanol–water partition coefficient (Wildman–Crippen LogP) is 1.67. The van der Waals surface area contributed by atoms with Crippen LogP contribution in [-0.4, -0.2) is 35.4 Å².